The summed E-state index contributed by atoms with van der Waals surface area (Å²) in [6, 6.07) is 6.59. The number of hydrogen-bond donors (Lipinski definition) is 2. The minimum Gasteiger partial charge on any atom is -0.497 e. The maximum absolute atomic E-state index is 11.0. The first-order chi connectivity index (χ1) is 10.0. The number of hydrogen-bond acceptors (Lipinski definition) is 6. The highest BCUT2D eigenvalue weighted by molar-refractivity contribution is 5.85. The maximum Gasteiger partial charge on any atom is 0.354 e. The summed E-state index contributed by atoms with van der Waals surface area (Å²) in [7, 11) is 3.09. The van der Waals surface area contributed by atoms with Gasteiger partial charge in [0, 0.05) is 11.8 Å². The molecule has 0 fully saturated rings. The standard InChI is InChI=1S/C14H15N3O4/c1-8-6-11(13(18)19)17-14(15-8)16-10-5-4-9(20-2)7-12(10)21-3/h4-7H,1-3H3,(H,18,19)(H,15,16,17). The van der Waals surface area contributed by atoms with Crippen LogP contribution in [0.5, 0.6) is 11.5 Å². The van der Waals surface area contributed by atoms with E-state index >= 15 is 0 Å². The van der Waals surface area contributed by atoms with E-state index in [-0.39, 0.29) is 11.6 Å². The van der Waals surface area contributed by atoms with Gasteiger partial charge in [-0.2, -0.15) is 0 Å². The molecule has 21 heavy (non-hydrogen) atoms. The number of carboxylic acids is 1. The summed E-state index contributed by atoms with van der Waals surface area (Å²) in [5.41, 5.74) is 1.09. The molecule has 2 N–H and O–H groups in total. The monoisotopic (exact) mass is 289 g/mol. The predicted octanol–water partition coefficient (Wildman–Crippen LogP) is 2.24. The molecule has 2 rings (SSSR count). The molecule has 0 saturated heterocycles. The van der Waals surface area contributed by atoms with Crippen molar-refractivity contribution in [1.82, 2.24) is 9.97 Å². The van der Waals surface area contributed by atoms with Crippen LogP contribution in [0.15, 0.2) is 24.3 Å². The van der Waals surface area contributed by atoms with Gasteiger partial charge in [-0.25, -0.2) is 14.8 Å². The van der Waals surface area contributed by atoms with Gasteiger partial charge in [0.2, 0.25) is 5.95 Å². The lowest BCUT2D eigenvalue weighted by molar-refractivity contribution is 0.0690. The van der Waals surface area contributed by atoms with E-state index in [0.29, 0.717) is 22.9 Å². The number of nitrogens with zero attached hydrogens (tertiary/aromatic N) is 2. The Balaban J connectivity index is 2.35. The number of aromatic nitrogens is 2. The molecule has 2 aromatic rings. The number of aryl methyl sites for hydroxylation is 1. The first-order valence-corrected chi connectivity index (χ1v) is 6.11. The number of carboxylic acid groups (broad SMARTS) is 1. The fourth-order valence-electron chi connectivity index (χ4n) is 1.76. The molecule has 0 radical (unpaired) electrons. The van der Waals surface area contributed by atoms with Gasteiger partial charge in [0.15, 0.2) is 5.69 Å². The molecule has 110 valence electrons. The highest BCUT2D eigenvalue weighted by atomic mass is 16.5. The minimum absolute atomic E-state index is 0.0718. The highest BCUT2D eigenvalue weighted by Gasteiger charge is 2.11. The van der Waals surface area contributed by atoms with Gasteiger partial charge in [0.1, 0.15) is 11.5 Å². The van der Waals surface area contributed by atoms with Crippen LogP contribution in [0.4, 0.5) is 11.6 Å². The third-order valence-electron chi connectivity index (χ3n) is 2.73. The second-order valence-electron chi connectivity index (χ2n) is 4.21. The molecule has 0 aliphatic carbocycles. The number of aromatic carboxylic acids is 1. The van der Waals surface area contributed by atoms with Crippen molar-refractivity contribution in [2.75, 3.05) is 19.5 Å². The van der Waals surface area contributed by atoms with Crippen LogP contribution < -0.4 is 14.8 Å². The van der Waals surface area contributed by atoms with Crippen molar-refractivity contribution >= 4 is 17.6 Å². The molecular formula is C14H15N3O4. The van der Waals surface area contributed by atoms with E-state index in [1.807, 2.05) is 0 Å². The third-order valence-corrected chi connectivity index (χ3v) is 2.73. The van der Waals surface area contributed by atoms with Gasteiger partial charge in [-0.05, 0) is 25.1 Å². The van der Waals surface area contributed by atoms with E-state index in [4.69, 9.17) is 14.6 Å². The normalized spacial score (nSPS) is 10.0. The summed E-state index contributed by atoms with van der Waals surface area (Å²) in [5.74, 6) is 0.270. The number of carbonyl (C=O) groups is 1. The lowest BCUT2D eigenvalue weighted by atomic mass is 10.2. The van der Waals surface area contributed by atoms with Crippen molar-refractivity contribution in [3.05, 3.63) is 35.7 Å². The van der Waals surface area contributed by atoms with Crippen LogP contribution in [0.2, 0.25) is 0 Å². The summed E-state index contributed by atoms with van der Waals surface area (Å²) in [4.78, 5) is 19.1. The molecule has 1 aromatic heterocycles. The molecule has 0 aliphatic rings. The van der Waals surface area contributed by atoms with Gasteiger partial charge in [0.05, 0.1) is 19.9 Å². The number of rotatable bonds is 5. The van der Waals surface area contributed by atoms with Crippen molar-refractivity contribution < 1.29 is 19.4 Å². The summed E-state index contributed by atoms with van der Waals surface area (Å²) in [6.07, 6.45) is 0. The van der Waals surface area contributed by atoms with Gasteiger partial charge < -0.3 is 19.9 Å². The van der Waals surface area contributed by atoms with Gasteiger partial charge in [-0.3, -0.25) is 0 Å². The van der Waals surface area contributed by atoms with Gasteiger partial charge in [-0.15, -0.1) is 0 Å². The zero-order chi connectivity index (χ0) is 15.4. The first-order valence-electron chi connectivity index (χ1n) is 6.11. The molecule has 1 aromatic carbocycles. The molecular weight excluding hydrogens is 274 g/mol. The van der Waals surface area contributed by atoms with Crippen molar-refractivity contribution in [3.8, 4) is 11.5 Å². The molecule has 7 heteroatoms. The Morgan fingerprint density at radius 3 is 2.57 bits per heavy atom. The summed E-state index contributed by atoms with van der Waals surface area (Å²) < 4.78 is 10.4. The SMILES string of the molecule is COc1ccc(Nc2nc(C)cc(C(=O)O)n2)c(OC)c1. The Kier molecular flexibility index (Phi) is 4.22. The molecule has 0 spiro atoms. The molecule has 0 saturated carbocycles. The van der Waals surface area contributed by atoms with Crippen LogP contribution in [-0.4, -0.2) is 35.3 Å². The quantitative estimate of drug-likeness (QED) is 0.871. The number of methoxy groups -OCH3 is 2. The molecule has 0 amide bonds. The largest absolute Gasteiger partial charge is 0.497 e. The molecule has 0 atom stereocenters. The van der Waals surface area contributed by atoms with Crippen LogP contribution in [-0.2, 0) is 0 Å². The second kappa shape index (κ2) is 6.08. The Hall–Kier alpha value is -2.83. The Morgan fingerprint density at radius 1 is 1.19 bits per heavy atom. The van der Waals surface area contributed by atoms with Crippen molar-refractivity contribution in [2.24, 2.45) is 0 Å². The molecule has 7 nitrogen and oxygen atoms in total. The third kappa shape index (κ3) is 3.38. The van der Waals surface area contributed by atoms with Crippen LogP contribution in [0.25, 0.3) is 0 Å². The number of ether oxygens (including phenoxy) is 2. The Labute approximate surface area is 121 Å². The average molecular weight is 289 g/mol. The van der Waals surface area contributed by atoms with E-state index in [9.17, 15) is 4.79 Å². The van der Waals surface area contributed by atoms with Crippen molar-refractivity contribution in [1.29, 1.82) is 0 Å². The van der Waals surface area contributed by atoms with Gasteiger partial charge >= 0.3 is 5.97 Å². The molecule has 0 aliphatic heterocycles. The Bertz CT molecular complexity index is 673. The number of benzene rings is 1. The summed E-state index contributed by atoms with van der Waals surface area (Å²) in [5, 5.41) is 12.0. The van der Waals surface area contributed by atoms with E-state index in [2.05, 4.69) is 15.3 Å². The minimum atomic E-state index is -1.11. The summed E-state index contributed by atoms with van der Waals surface area (Å²) in [6.45, 7) is 1.70. The van der Waals surface area contributed by atoms with E-state index in [0.717, 1.165) is 0 Å². The van der Waals surface area contributed by atoms with E-state index in [1.165, 1.54) is 13.2 Å². The smallest absolute Gasteiger partial charge is 0.354 e. The molecule has 0 unspecified atom stereocenters. The molecule has 0 bridgehead atoms. The van der Waals surface area contributed by atoms with E-state index in [1.54, 1.807) is 32.2 Å². The average Bonchev–Trinajstić information content (AvgIpc) is 2.47. The fraction of sp³-hybridized carbons (Fsp3) is 0.214. The zero-order valence-corrected chi connectivity index (χ0v) is 11.9. The highest BCUT2D eigenvalue weighted by Crippen LogP contribution is 2.30. The predicted molar refractivity (Wildman–Crippen MR) is 76.6 cm³/mol. The van der Waals surface area contributed by atoms with Crippen LogP contribution >= 0.6 is 0 Å². The van der Waals surface area contributed by atoms with Gasteiger partial charge in [0.25, 0.3) is 0 Å². The van der Waals surface area contributed by atoms with Crippen molar-refractivity contribution in [3.63, 3.8) is 0 Å². The van der Waals surface area contributed by atoms with Gasteiger partial charge in [-0.1, -0.05) is 0 Å². The lowest BCUT2D eigenvalue weighted by Gasteiger charge is -2.12. The summed E-state index contributed by atoms with van der Waals surface area (Å²) >= 11 is 0. The first kappa shape index (κ1) is 14.6. The number of anilines is 2. The lowest BCUT2D eigenvalue weighted by Crippen LogP contribution is -2.07. The Morgan fingerprint density at radius 2 is 1.95 bits per heavy atom. The van der Waals surface area contributed by atoms with Crippen LogP contribution in [0.1, 0.15) is 16.2 Å². The zero-order valence-electron chi connectivity index (χ0n) is 11.9. The molecule has 1 heterocycles. The fourth-order valence-corrected chi connectivity index (χ4v) is 1.76. The topological polar surface area (TPSA) is 93.6 Å². The number of nitrogens with one attached hydrogen (secondary N) is 1. The van der Waals surface area contributed by atoms with Crippen molar-refractivity contribution in [2.45, 2.75) is 6.92 Å². The maximum atomic E-state index is 11.0. The van der Waals surface area contributed by atoms with Crippen LogP contribution in [0, 0.1) is 6.92 Å². The van der Waals surface area contributed by atoms with Crippen LogP contribution in [0.3, 0.4) is 0 Å². The second-order valence-corrected chi connectivity index (χ2v) is 4.21. The van der Waals surface area contributed by atoms with E-state index < -0.39 is 5.97 Å².